The van der Waals surface area contributed by atoms with Gasteiger partial charge in [-0.05, 0) is 79.7 Å². The molecule has 1 aromatic carbocycles. The Morgan fingerprint density at radius 1 is 1.06 bits per heavy atom. The fourth-order valence-corrected chi connectivity index (χ4v) is 5.93. The van der Waals surface area contributed by atoms with Gasteiger partial charge in [0.15, 0.2) is 0 Å². The minimum Gasteiger partial charge on any atom is -0.441 e. The average Bonchev–Trinajstić information content (AvgIpc) is 3.15. The van der Waals surface area contributed by atoms with Gasteiger partial charge in [0.05, 0.1) is 11.4 Å². The van der Waals surface area contributed by atoms with Gasteiger partial charge >= 0.3 is 0 Å². The van der Waals surface area contributed by atoms with E-state index in [9.17, 15) is 0 Å². The van der Waals surface area contributed by atoms with Crippen LogP contribution in [-0.2, 0) is 6.54 Å². The van der Waals surface area contributed by atoms with Crippen molar-refractivity contribution in [2.45, 2.75) is 47.1 Å². The molecule has 2 bridgehead atoms. The maximum Gasteiger partial charge on any atom is 0.226 e. The Morgan fingerprint density at radius 2 is 1.84 bits per heavy atom. The van der Waals surface area contributed by atoms with Gasteiger partial charge in [-0.1, -0.05) is 39.0 Å². The second kappa shape index (κ2) is 7.90. The molecule has 6 rings (SSSR count). The number of nitrogens with zero attached hydrogens (tertiary/aromatic N) is 2. The molecule has 3 fully saturated rings. The van der Waals surface area contributed by atoms with Crippen molar-refractivity contribution in [1.82, 2.24) is 15.3 Å². The summed E-state index contributed by atoms with van der Waals surface area (Å²) in [5.41, 5.74) is 4.63. The van der Waals surface area contributed by atoms with Gasteiger partial charge in [-0.3, -0.25) is 4.98 Å². The lowest BCUT2D eigenvalue weighted by Crippen LogP contribution is -2.56. The van der Waals surface area contributed by atoms with Crippen molar-refractivity contribution in [3.05, 3.63) is 60.1 Å². The molecular weight excluding hydrogens is 382 g/mol. The zero-order chi connectivity index (χ0) is 21.6. The number of hydrogen-bond donors (Lipinski definition) is 1. The van der Waals surface area contributed by atoms with Crippen molar-refractivity contribution in [2.24, 2.45) is 29.1 Å². The normalized spacial score (nSPS) is 26.5. The van der Waals surface area contributed by atoms with Gasteiger partial charge in [-0.25, -0.2) is 4.98 Å². The fraction of sp³-hybridized carbons (Fsp3) is 0.481. The van der Waals surface area contributed by atoms with Crippen LogP contribution < -0.4 is 5.32 Å². The summed E-state index contributed by atoms with van der Waals surface area (Å²) in [4.78, 5) is 9.20. The molecule has 0 spiro atoms. The first-order chi connectivity index (χ1) is 14.9. The maximum atomic E-state index is 5.99. The molecule has 162 valence electrons. The largest absolute Gasteiger partial charge is 0.441 e. The SMILES string of the molecule is Cc1oc(-c2ccc(-c3ccccn3)cc2)nc1CNCC1C[C@@H]2C[C@H]([C@H]1C)C2(C)C. The summed E-state index contributed by atoms with van der Waals surface area (Å²) in [6.07, 6.45) is 4.62. The average molecular weight is 416 g/mol. The molecule has 0 radical (unpaired) electrons. The van der Waals surface area contributed by atoms with E-state index in [0.717, 1.165) is 65.0 Å². The Bertz CT molecular complexity index is 1040. The van der Waals surface area contributed by atoms with Crippen LogP contribution in [0.2, 0.25) is 0 Å². The summed E-state index contributed by atoms with van der Waals surface area (Å²) in [6.45, 7) is 11.2. The molecule has 3 saturated carbocycles. The smallest absolute Gasteiger partial charge is 0.226 e. The van der Waals surface area contributed by atoms with Crippen LogP contribution in [0.25, 0.3) is 22.7 Å². The Balaban J connectivity index is 1.20. The summed E-state index contributed by atoms with van der Waals surface area (Å²) in [5, 5.41) is 3.68. The molecule has 3 aliphatic carbocycles. The first-order valence-corrected chi connectivity index (χ1v) is 11.6. The first kappa shape index (κ1) is 20.4. The topological polar surface area (TPSA) is 51.0 Å². The molecular formula is C27H33N3O. The highest BCUT2D eigenvalue weighted by Gasteiger charge is 2.55. The summed E-state index contributed by atoms with van der Waals surface area (Å²) in [5.74, 6) is 4.98. The van der Waals surface area contributed by atoms with Crippen LogP contribution in [0.15, 0.2) is 53.1 Å². The van der Waals surface area contributed by atoms with Gasteiger partial charge in [0.1, 0.15) is 5.76 Å². The summed E-state index contributed by atoms with van der Waals surface area (Å²) < 4.78 is 5.99. The second-order valence-corrected chi connectivity index (χ2v) is 10.2. The summed E-state index contributed by atoms with van der Waals surface area (Å²) in [6, 6.07) is 14.2. The molecule has 4 nitrogen and oxygen atoms in total. The molecule has 0 aliphatic heterocycles. The Morgan fingerprint density at radius 3 is 2.52 bits per heavy atom. The fourth-order valence-electron chi connectivity index (χ4n) is 5.93. The molecule has 1 unspecified atom stereocenters. The van der Waals surface area contributed by atoms with Gasteiger partial charge in [-0.2, -0.15) is 0 Å². The predicted molar refractivity (Wildman–Crippen MR) is 124 cm³/mol. The van der Waals surface area contributed by atoms with Crippen molar-refractivity contribution < 1.29 is 4.42 Å². The zero-order valence-corrected chi connectivity index (χ0v) is 19.1. The van der Waals surface area contributed by atoms with Crippen molar-refractivity contribution in [1.29, 1.82) is 0 Å². The van der Waals surface area contributed by atoms with E-state index in [1.54, 1.807) is 0 Å². The van der Waals surface area contributed by atoms with Gasteiger partial charge in [-0.15, -0.1) is 0 Å². The van der Waals surface area contributed by atoms with Gasteiger partial charge in [0.25, 0.3) is 0 Å². The van der Waals surface area contributed by atoms with E-state index in [4.69, 9.17) is 9.40 Å². The third-order valence-corrected chi connectivity index (χ3v) is 8.20. The Labute approximate surface area is 185 Å². The van der Waals surface area contributed by atoms with E-state index in [1.165, 1.54) is 12.8 Å². The van der Waals surface area contributed by atoms with Crippen molar-refractivity contribution in [2.75, 3.05) is 6.54 Å². The standard InChI is InChI=1S/C27H33N3O/c1-17-21(13-22-14-23(17)27(22,3)4)15-28-16-25-18(2)31-26(30-25)20-10-8-19(9-11-20)24-7-5-6-12-29-24/h5-12,17,21-23,28H,13-16H2,1-4H3/t17-,21?,22+,23+/m0/s1. The van der Waals surface area contributed by atoms with Crippen LogP contribution >= 0.6 is 0 Å². The number of hydrogen-bond acceptors (Lipinski definition) is 4. The number of pyridine rings is 1. The van der Waals surface area contributed by atoms with Crippen LogP contribution in [0.5, 0.6) is 0 Å². The molecule has 4 heteroatoms. The van der Waals surface area contributed by atoms with Crippen LogP contribution in [-0.4, -0.2) is 16.5 Å². The number of oxazole rings is 1. The lowest BCUT2D eigenvalue weighted by atomic mass is 9.43. The van der Waals surface area contributed by atoms with Crippen molar-refractivity contribution >= 4 is 0 Å². The predicted octanol–water partition coefficient (Wildman–Crippen LogP) is 6.12. The number of aromatic nitrogens is 2. The molecule has 31 heavy (non-hydrogen) atoms. The highest BCUT2D eigenvalue weighted by Crippen LogP contribution is 2.62. The van der Waals surface area contributed by atoms with E-state index in [1.807, 2.05) is 31.3 Å². The highest BCUT2D eigenvalue weighted by molar-refractivity contribution is 5.64. The molecule has 3 aliphatic rings. The van der Waals surface area contributed by atoms with Gasteiger partial charge in [0, 0.05) is 23.9 Å². The minimum atomic E-state index is 0.555. The number of fused-ring (bicyclic) bond motifs is 2. The zero-order valence-electron chi connectivity index (χ0n) is 19.1. The van der Waals surface area contributed by atoms with Gasteiger partial charge in [0.2, 0.25) is 5.89 Å². The van der Waals surface area contributed by atoms with Crippen LogP contribution in [0, 0.1) is 36.0 Å². The molecule has 2 heterocycles. The maximum absolute atomic E-state index is 5.99. The molecule has 3 aromatic rings. The van der Waals surface area contributed by atoms with E-state index >= 15 is 0 Å². The number of nitrogens with one attached hydrogen (secondary N) is 1. The van der Waals surface area contributed by atoms with Crippen LogP contribution in [0.4, 0.5) is 0 Å². The summed E-state index contributed by atoms with van der Waals surface area (Å²) >= 11 is 0. The highest BCUT2D eigenvalue weighted by atomic mass is 16.4. The van der Waals surface area contributed by atoms with Crippen molar-refractivity contribution in [3.8, 4) is 22.7 Å². The van der Waals surface area contributed by atoms with E-state index in [-0.39, 0.29) is 0 Å². The molecule has 4 atom stereocenters. The second-order valence-electron chi connectivity index (χ2n) is 10.2. The third-order valence-electron chi connectivity index (χ3n) is 8.20. The van der Waals surface area contributed by atoms with Crippen LogP contribution in [0.3, 0.4) is 0 Å². The Kier molecular flexibility index (Phi) is 5.21. The first-order valence-electron chi connectivity index (χ1n) is 11.6. The van der Waals surface area contributed by atoms with Gasteiger partial charge < -0.3 is 9.73 Å². The molecule has 0 saturated heterocycles. The quantitative estimate of drug-likeness (QED) is 0.527. The van der Waals surface area contributed by atoms with E-state index < -0.39 is 0 Å². The third kappa shape index (κ3) is 3.71. The number of aryl methyl sites for hydroxylation is 1. The monoisotopic (exact) mass is 415 g/mol. The van der Waals surface area contributed by atoms with E-state index in [2.05, 4.69) is 55.3 Å². The van der Waals surface area contributed by atoms with Crippen molar-refractivity contribution in [3.63, 3.8) is 0 Å². The minimum absolute atomic E-state index is 0.555. The lowest BCUT2D eigenvalue weighted by Gasteiger charge is -2.62. The number of benzene rings is 1. The summed E-state index contributed by atoms with van der Waals surface area (Å²) in [7, 11) is 0. The molecule has 0 amide bonds. The Hall–Kier alpha value is -2.46. The van der Waals surface area contributed by atoms with E-state index in [0.29, 0.717) is 11.3 Å². The molecule has 2 aromatic heterocycles. The van der Waals surface area contributed by atoms with Crippen LogP contribution in [0.1, 0.15) is 45.1 Å². The molecule has 1 N–H and O–H groups in total. The lowest BCUT2D eigenvalue weighted by molar-refractivity contribution is -0.127. The number of rotatable bonds is 6.